The average molecular weight is 434 g/mol. The van der Waals surface area contributed by atoms with Crippen LogP contribution in [-0.2, 0) is 0 Å². The van der Waals surface area contributed by atoms with E-state index in [1.807, 2.05) is 60.6 Å². The van der Waals surface area contributed by atoms with Gasteiger partial charge in [0.15, 0.2) is 5.01 Å². The van der Waals surface area contributed by atoms with Crippen molar-refractivity contribution in [3.05, 3.63) is 58.9 Å². The van der Waals surface area contributed by atoms with Gasteiger partial charge >= 0.3 is 0 Å². The van der Waals surface area contributed by atoms with Crippen molar-refractivity contribution in [2.45, 2.75) is 20.8 Å². The Bertz CT molecular complexity index is 1240. The Hall–Kier alpha value is -3.33. The number of piperazine rings is 1. The van der Waals surface area contributed by atoms with E-state index in [4.69, 9.17) is 0 Å². The smallest absolute Gasteiger partial charge is 0.282 e. The summed E-state index contributed by atoms with van der Waals surface area (Å²) in [5, 5.41) is 0.556. The number of hydrogen-bond acceptors (Lipinski definition) is 7. The molecule has 0 radical (unpaired) electrons. The number of carbonyl (C=O) groups is 1. The molecule has 0 aliphatic carbocycles. The van der Waals surface area contributed by atoms with Crippen LogP contribution in [0, 0.1) is 20.8 Å². The Morgan fingerprint density at radius 3 is 2.42 bits per heavy atom. The van der Waals surface area contributed by atoms with Crippen LogP contribution in [0.25, 0.3) is 16.0 Å². The third kappa shape index (κ3) is 3.65. The van der Waals surface area contributed by atoms with E-state index in [1.165, 1.54) is 11.3 Å². The van der Waals surface area contributed by atoms with Crippen molar-refractivity contribution >= 4 is 33.3 Å². The van der Waals surface area contributed by atoms with Gasteiger partial charge in [-0.1, -0.05) is 12.1 Å². The number of nitrogens with zero attached hydrogens (tertiary/aromatic N) is 7. The Balaban J connectivity index is 1.32. The molecule has 5 rings (SSSR count). The lowest BCUT2D eigenvalue weighted by atomic mass is 10.3. The molecule has 1 aliphatic rings. The quantitative estimate of drug-likeness (QED) is 0.494. The van der Waals surface area contributed by atoms with E-state index in [2.05, 4.69) is 24.8 Å². The van der Waals surface area contributed by atoms with Gasteiger partial charge in [0.25, 0.3) is 5.91 Å². The molecule has 8 nitrogen and oxygen atoms in total. The van der Waals surface area contributed by atoms with Crippen LogP contribution >= 0.6 is 11.3 Å². The zero-order chi connectivity index (χ0) is 21.5. The molecule has 1 fully saturated rings. The number of aryl methyl sites for hydroxylation is 2. The number of aromatic nitrogens is 5. The fourth-order valence-electron chi connectivity index (χ4n) is 3.79. The number of benzene rings is 1. The first-order valence-electron chi connectivity index (χ1n) is 10.3. The minimum absolute atomic E-state index is 0.00456. The van der Waals surface area contributed by atoms with Crippen LogP contribution in [0.4, 0.5) is 5.82 Å². The van der Waals surface area contributed by atoms with Gasteiger partial charge in [-0.15, -0.1) is 11.3 Å². The second-order valence-electron chi connectivity index (χ2n) is 7.68. The van der Waals surface area contributed by atoms with Crippen LogP contribution in [0.3, 0.4) is 0 Å². The molecule has 1 aromatic carbocycles. The van der Waals surface area contributed by atoms with Crippen LogP contribution in [-0.4, -0.2) is 61.5 Å². The van der Waals surface area contributed by atoms with Gasteiger partial charge in [0.05, 0.1) is 15.9 Å². The van der Waals surface area contributed by atoms with Crippen molar-refractivity contribution in [3.63, 3.8) is 0 Å². The Morgan fingerprint density at radius 2 is 1.71 bits per heavy atom. The maximum atomic E-state index is 13.0. The number of fused-ring (bicyclic) bond motifs is 1. The third-order valence-electron chi connectivity index (χ3n) is 5.68. The normalized spacial score (nSPS) is 14.4. The molecule has 0 spiro atoms. The number of anilines is 1. The van der Waals surface area contributed by atoms with E-state index in [1.54, 1.807) is 6.33 Å². The predicted octanol–water partition coefficient (Wildman–Crippen LogP) is 3.16. The predicted molar refractivity (Wildman–Crippen MR) is 121 cm³/mol. The highest BCUT2D eigenvalue weighted by molar-refractivity contribution is 7.20. The van der Waals surface area contributed by atoms with E-state index < -0.39 is 0 Å². The largest absolute Gasteiger partial charge is 0.353 e. The molecule has 1 aliphatic heterocycles. The molecule has 9 heteroatoms. The second kappa shape index (κ2) is 7.73. The van der Waals surface area contributed by atoms with Crippen molar-refractivity contribution < 1.29 is 4.79 Å². The molecule has 4 aromatic rings. The van der Waals surface area contributed by atoms with Gasteiger partial charge in [-0.2, -0.15) is 0 Å². The first-order chi connectivity index (χ1) is 15.0. The number of amides is 1. The van der Waals surface area contributed by atoms with Crippen molar-refractivity contribution in [1.82, 2.24) is 29.4 Å². The Morgan fingerprint density at radius 1 is 0.968 bits per heavy atom. The van der Waals surface area contributed by atoms with Gasteiger partial charge in [0.2, 0.25) is 0 Å². The molecular weight excluding hydrogens is 410 g/mol. The Kier molecular flexibility index (Phi) is 4.90. The summed E-state index contributed by atoms with van der Waals surface area (Å²) in [6.45, 7) is 8.63. The summed E-state index contributed by atoms with van der Waals surface area (Å²) < 4.78 is 3.03. The first kappa shape index (κ1) is 19.6. The second-order valence-corrected chi connectivity index (χ2v) is 8.71. The van der Waals surface area contributed by atoms with Crippen LogP contribution in [0.1, 0.15) is 27.0 Å². The molecule has 0 bridgehead atoms. The van der Waals surface area contributed by atoms with Gasteiger partial charge in [-0.05, 0) is 32.9 Å². The van der Waals surface area contributed by atoms with Gasteiger partial charge < -0.3 is 9.80 Å². The molecular formula is C22H23N7OS. The van der Waals surface area contributed by atoms with Crippen molar-refractivity contribution in [3.8, 4) is 5.82 Å². The van der Waals surface area contributed by atoms with Gasteiger partial charge in [0.1, 0.15) is 23.8 Å². The number of carbonyl (C=O) groups excluding carboxylic acids is 1. The molecule has 0 saturated carbocycles. The van der Waals surface area contributed by atoms with Gasteiger partial charge in [0, 0.05) is 37.9 Å². The molecule has 4 heterocycles. The topological polar surface area (TPSA) is 80.0 Å². The van der Waals surface area contributed by atoms with Crippen molar-refractivity contribution in [2.24, 2.45) is 0 Å². The number of para-hydroxylation sites is 1. The zero-order valence-corrected chi connectivity index (χ0v) is 18.6. The van der Waals surface area contributed by atoms with Crippen LogP contribution < -0.4 is 4.90 Å². The lowest BCUT2D eigenvalue weighted by Gasteiger charge is -2.35. The monoisotopic (exact) mass is 433 g/mol. The van der Waals surface area contributed by atoms with Crippen LogP contribution in [0.15, 0.2) is 36.7 Å². The molecule has 0 unspecified atom stereocenters. The lowest BCUT2D eigenvalue weighted by molar-refractivity contribution is 0.0746. The van der Waals surface area contributed by atoms with Gasteiger partial charge in [-0.25, -0.2) is 19.9 Å². The highest BCUT2D eigenvalue weighted by Crippen LogP contribution is 2.24. The average Bonchev–Trinajstić information content (AvgIpc) is 3.36. The SMILES string of the molecule is Cc1nc(N2CCN(C(=O)c3nc4ccccc4s3)CC2)cc(-n2cnc(C)c2C)n1. The third-order valence-corrected chi connectivity index (χ3v) is 6.70. The fourth-order valence-corrected chi connectivity index (χ4v) is 4.72. The summed E-state index contributed by atoms with van der Waals surface area (Å²) in [7, 11) is 0. The minimum atomic E-state index is 0.00456. The van der Waals surface area contributed by atoms with Crippen LogP contribution in [0.2, 0.25) is 0 Å². The number of hydrogen-bond donors (Lipinski definition) is 0. The molecule has 3 aromatic heterocycles. The summed E-state index contributed by atoms with van der Waals surface area (Å²) in [6.07, 6.45) is 1.80. The van der Waals surface area contributed by atoms with Gasteiger partial charge in [-0.3, -0.25) is 9.36 Å². The summed E-state index contributed by atoms with van der Waals surface area (Å²) in [5.41, 5.74) is 2.93. The summed E-state index contributed by atoms with van der Waals surface area (Å²) >= 11 is 1.46. The maximum Gasteiger partial charge on any atom is 0.282 e. The molecule has 1 saturated heterocycles. The van der Waals surface area contributed by atoms with E-state index in [9.17, 15) is 4.79 Å². The summed E-state index contributed by atoms with van der Waals surface area (Å²) in [6, 6.07) is 9.85. The molecule has 158 valence electrons. The number of rotatable bonds is 3. The molecule has 0 N–H and O–H groups in total. The minimum Gasteiger partial charge on any atom is -0.353 e. The standard InChI is InChI=1S/C22H23N7OS/c1-14-15(2)29(13-23-14)20-12-19(24-16(3)25-20)27-8-10-28(11-9-27)22(30)21-26-17-6-4-5-7-18(17)31-21/h4-7,12-13H,8-11H2,1-3H3. The van der Waals surface area contributed by atoms with Crippen LogP contribution in [0.5, 0.6) is 0 Å². The zero-order valence-electron chi connectivity index (χ0n) is 17.7. The number of thiazole rings is 1. The highest BCUT2D eigenvalue weighted by Gasteiger charge is 2.25. The number of imidazole rings is 1. The van der Waals surface area contributed by atoms with E-state index >= 15 is 0 Å². The highest BCUT2D eigenvalue weighted by atomic mass is 32.1. The molecule has 1 amide bonds. The maximum absolute atomic E-state index is 13.0. The summed E-state index contributed by atoms with van der Waals surface area (Å²) in [4.78, 5) is 35.2. The first-order valence-corrected chi connectivity index (χ1v) is 11.1. The summed E-state index contributed by atoms with van der Waals surface area (Å²) in [5.74, 6) is 2.41. The van der Waals surface area contributed by atoms with E-state index in [-0.39, 0.29) is 5.91 Å². The van der Waals surface area contributed by atoms with E-state index in [0.717, 1.165) is 33.2 Å². The van der Waals surface area contributed by atoms with E-state index in [0.29, 0.717) is 37.0 Å². The Labute approximate surface area is 184 Å². The molecule has 31 heavy (non-hydrogen) atoms. The van der Waals surface area contributed by atoms with Crippen molar-refractivity contribution in [1.29, 1.82) is 0 Å². The fraction of sp³-hybridized carbons (Fsp3) is 0.318. The van der Waals surface area contributed by atoms with Crippen molar-refractivity contribution in [2.75, 3.05) is 31.1 Å². The molecule has 0 atom stereocenters. The lowest BCUT2D eigenvalue weighted by Crippen LogP contribution is -2.49.